The number of likely N-dealkylation sites (tertiary alicyclic amines) is 1. The molecule has 0 aliphatic carbocycles. The molecule has 0 spiro atoms. The van der Waals surface area contributed by atoms with E-state index in [1.165, 1.54) is 24.9 Å². The van der Waals surface area contributed by atoms with Gasteiger partial charge in [-0.25, -0.2) is 0 Å². The lowest BCUT2D eigenvalue weighted by molar-refractivity contribution is 0.0119. The van der Waals surface area contributed by atoms with E-state index in [2.05, 4.69) is 29.2 Å². The van der Waals surface area contributed by atoms with Crippen LogP contribution in [0.15, 0.2) is 24.3 Å². The van der Waals surface area contributed by atoms with Crippen LogP contribution in [0, 0.1) is 0 Å². The Balaban J connectivity index is 1.36. The van der Waals surface area contributed by atoms with E-state index >= 15 is 0 Å². The summed E-state index contributed by atoms with van der Waals surface area (Å²) in [5, 5.41) is 0. The van der Waals surface area contributed by atoms with E-state index in [9.17, 15) is 0 Å². The fraction of sp³-hybridized carbons (Fsp3) is 0.667. The summed E-state index contributed by atoms with van der Waals surface area (Å²) in [6.45, 7) is 5.81. The Morgan fingerprint density at radius 2 is 2.09 bits per heavy atom. The van der Waals surface area contributed by atoms with Crippen molar-refractivity contribution in [1.29, 1.82) is 0 Å². The molecule has 2 aliphatic heterocycles. The molecule has 22 heavy (non-hydrogen) atoms. The smallest absolute Gasteiger partial charge is 0.118 e. The molecule has 122 valence electrons. The van der Waals surface area contributed by atoms with Gasteiger partial charge in [-0.15, -0.1) is 0 Å². The molecule has 1 aromatic rings. The minimum absolute atomic E-state index is 0.339. The van der Waals surface area contributed by atoms with Crippen molar-refractivity contribution in [3.05, 3.63) is 29.8 Å². The van der Waals surface area contributed by atoms with Gasteiger partial charge in [-0.2, -0.15) is 0 Å². The van der Waals surface area contributed by atoms with E-state index in [0.717, 1.165) is 45.1 Å². The maximum Gasteiger partial charge on any atom is 0.118 e. The van der Waals surface area contributed by atoms with Gasteiger partial charge in [-0.1, -0.05) is 12.1 Å². The molecule has 0 unspecified atom stereocenters. The van der Waals surface area contributed by atoms with Gasteiger partial charge in [0.15, 0.2) is 0 Å². The molecule has 0 saturated carbocycles. The minimum Gasteiger partial charge on any atom is -0.497 e. The first-order chi connectivity index (χ1) is 10.8. The van der Waals surface area contributed by atoms with E-state index in [1.807, 2.05) is 0 Å². The van der Waals surface area contributed by atoms with Gasteiger partial charge in [0.2, 0.25) is 0 Å². The zero-order valence-electron chi connectivity index (χ0n) is 13.5. The van der Waals surface area contributed by atoms with Crippen molar-refractivity contribution < 1.29 is 14.2 Å². The Morgan fingerprint density at radius 1 is 1.23 bits per heavy atom. The van der Waals surface area contributed by atoms with Crippen molar-refractivity contribution in [3.63, 3.8) is 0 Å². The van der Waals surface area contributed by atoms with Crippen LogP contribution in [0.1, 0.15) is 30.7 Å². The molecule has 0 N–H and O–H groups in total. The molecule has 4 nitrogen and oxygen atoms in total. The number of ether oxygens (including phenoxy) is 3. The van der Waals surface area contributed by atoms with Crippen LogP contribution < -0.4 is 4.74 Å². The third-order valence-electron chi connectivity index (χ3n) is 4.74. The molecule has 1 aromatic carbocycles. The Hall–Kier alpha value is -1.10. The predicted molar refractivity (Wildman–Crippen MR) is 86.6 cm³/mol. The minimum atomic E-state index is 0.339. The second kappa shape index (κ2) is 7.95. The highest BCUT2D eigenvalue weighted by Gasteiger charge is 2.23. The van der Waals surface area contributed by atoms with Gasteiger partial charge in [0.25, 0.3) is 0 Å². The summed E-state index contributed by atoms with van der Waals surface area (Å²) >= 11 is 0. The Morgan fingerprint density at radius 3 is 2.82 bits per heavy atom. The van der Waals surface area contributed by atoms with Crippen LogP contribution >= 0.6 is 0 Å². The lowest BCUT2D eigenvalue weighted by Crippen LogP contribution is -2.26. The third-order valence-corrected chi connectivity index (χ3v) is 4.74. The fourth-order valence-electron chi connectivity index (χ4n) is 3.37. The molecule has 2 fully saturated rings. The summed E-state index contributed by atoms with van der Waals surface area (Å²) < 4.78 is 16.6. The Labute approximate surface area is 133 Å². The predicted octanol–water partition coefficient (Wildman–Crippen LogP) is 2.68. The van der Waals surface area contributed by atoms with Crippen LogP contribution in [0.2, 0.25) is 0 Å². The van der Waals surface area contributed by atoms with E-state index in [1.54, 1.807) is 7.11 Å². The maximum atomic E-state index is 5.77. The number of nitrogens with zero attached hydrogens (tertiary/aromatic N) is 1. The van der Waals surface area contributed by atoms with Crippen LogP contribution in [-0.4, -0.2) is 57.6 Å². The van der Waals surface area contributed by atoms with Crippen LogP contribution in [-0.2, 0) is 9.47 Å². The molecular weight excluding hydrogens is 278 g/mol. The molecule has 0 amide bonds. The lowest BCUT2D eigenvalue weighted by atomic mass is 9.98. The van der Waals surface area contributed by atoms with Crippen molar-refractivity contribution in [3.8, 4) is 5.75 Å². The van der Waals surface area contributed by atoms with Crippen molar-refractivity contribution in [2.75, 3.05) is 46.6 Å². The molecular formula is C18H27NO3. The quantitative estimate of drug-likeness (QED) is 0.725. The van der Waals surface area contributed by atoms with Gasteiger partial charge >= 0.3 is 0 Å². The Bertz CT molecular complexity index is 442. The number of methoxy groups -OCH3 is 1. The van der Waals surface area contributed by atoms with Gasteiger partial charge in [0.05, 0.1) is 26.4 Å². The normalized spacial score (nSPS) is 25.7. The van der Waals surface area contributed by atoms with Crippen LogP contribution in [0.5, 0.6) is 5.75 Å². The molecule has 2 heterocycles. The van der Waals surface area contributed by atoms with Crippen molar-refractivity contribution in [1.82, 2.24) is 4.90 Å². The van der Waals surface area contributed by atoms with E-state index in [0.29, 0.717) is 12.0 Å². The topological polar surface area (TPSA) is 30.9 Å². The second-order valence-corrected chi connectivity index (χ2v) is 6.27. The lowest BCUT2D eigenvalue weighted by Gasteiger charge is -2.17. The average Bonchev–Trinajstić information content (AvgIpc) is 3.23. The van der Waals surface area contributed by atoms with Crippen LogP contribution in [0.25, 0.3) is 0 Å². The van der Waals surface area contributed by atoms with E-state index in [-0.39, 0.29) is 0 Å². The van der Waals surface area contributed by atoms with E-state index < -0.39 is 0 Å². The van der Waals surface area contributed by atoms with Gasteiger partial charge in [-0.05, 0) is 49.4 Å². The molecule has 2 saturated heterocycles. The van der Waals surface area contributed by atoms with Crippen molar-refractivity contribution >= 4 is 0 Å². The highest BCUT2D eigenvalue weighted by molar-refractivity contribution is 5.30. The summed E-state index contributed by atoms with van der Waals surface area (Å²) in [4.78, 5) is 2.50. The zero-order chi connectivity index (χ0) is 15.2. The maximum absolute atomic E-state index is 5.77. The highest BCUT2D eigenvalue weighted by Crippen LogP contribution is 2.28. The molecule has 0 radical (unpaired) electrons. The number of hydrogen-bond donors (Lipinski definition) is 0. The first kappa shape index (κ1) is 15.8. The summed E-state index contributed by atoms with van der Waals surface area (Å²) in [6, 6.07) is 8.51. The standard InChI is InChI=1S/C18H27NO3/c1-20-17-6-4-15(5-7-17)16-8-9-19(13-16)10-12-21-14-18-3-2-11-22-18/h4-7,16,18H,2-3,8-14H2,1H3/t16-,18-/m0/s1. The molecule has 2 atom stereocenters. The average molecular weight is 305 g/mol. The van der Waals surface area contributed by atoms with E-state index in [4.69, 9.17) is 14.2 Å². The second-order valence-electron chi connectivity index (χ2n) is 6.27. The largest absolute Gasteiger partial charge is 0.497 e. The summed E-state index contributed by atoms with van der Waals surface area (Å²) in [6.07, 6.45) is 3.91. The number of benzene rings is 1. The first-order valence-corrected chi connectivity index (χ1v) is 8.41. The SMILES string of the molecule is COc1ccc([C@H]2CCN(CCOC[C@@H]3CCCO3)C2)cc1. The number of rotatable bonds is 7. The van der Waals surface area contributed by atoms with Gasteiger partial charge in [0.1, 0.15) is 5.75 Å². The fourth-order valence-corrected chi connectivity index (χ4v) is 3.37. The molecule has 2 aliphatic rings. The van der Waals surface area contributed by atoms with Crippen LogP contribution in [0.4, 0.5) is 0 Å². The van der Waals surface area contributed by atoms with Gasteiger partial charge in [0, 0.05) is 19.7 Å². The van der Waals surface area contributed by atoms with Crippen molar-refractivity contribution in [2.45, 2.75) is 31.3 Å². The molecule has 0 aromatic heterocycles. The molecule has 0 bridgehead atoms. The number of hydrogen-bond acceptors (Lipinski definition) is 4. The molecule has 3 rings (SSSR count). The zero-order valence-corrected chi connectivity index (χ0v) is 13.5. The summed E-state index contributed by atoms with van der Waals surface area (Å²) in [5.41, 5.74) is 1.42. The summed E-state index contributed by atoms with van der Waals surface area (Å²) in [5.74, 6) is 1.57. The first-order valence-electron chi connectivity index (χ1n) is 8.41. The van der Waals surface area contributed by atoms with Gasteiger partial charge in [-0.3, -0.25) is 0 Å². The summed E-state index contributed by atoms with van der Waals surface area (Å²) in [7, 11) is 1.71. The molecule has 4 heteroatoms. The van der Waals surface area contributed by atoms with Gasteiger partial charge < -0.3 is 19.1 Å². The van der Waals surface area contributed by atoms with Crippen LogP contribution in [0.3, 0.4) is 0 Å². The monoisotopic (exact) mass is 305 g/mol. The Kier molecular flexibility index (Phi) is 5.70. The third kappa shape index (κ3) is 4.22. The van der Waals surface area contributed by atoms with Crippen molar-refractivity contribution in [2.24, 2.45) is 0 Å². The highest BCUT2D eigenvalue weighted by atomic mass is 16.5.